The molecule has 9 nitrogen and oxygen atoms in total. The lowest BCUT2D eigenvalue weighted by Crippen LogP contribution is -2.38. The van der Waals surface area contributed by atoms with E-state index in [9.17, 15) is 35.6 Å². The predicted molar refractivity (Wildman–Crippen MR) is 141 cm³/mol. The lowest BCUT2D eigenvalue weighted by atomic mass is 9.95. The fourth-order valence-corrected chi connectivity index (χ4v) is 6.72. The van der Waals surface area contributed by atoms with Gasteiger partial charge in [-0.1, -0.05) is 0 Å². The van der Waals surface area contributed by atoms with Crippen LogP contribution in [0.4, 0.5) is 34.6 Å². The number of piperidine rings is 1. The largest absolute Gasteiger partial charge is 0.395 e. The number of hydrogen-bond acceptors (Lipinski definition) is 6. The Morgan fingerprint density at radius 1 is 1.18 bits per heavy atom. The molecule has 3 aliphatic rings. The van der Waals surface area contributed by atoms with E-state index in [1.54, 1.807) is 4.90 Å². The molecule has 2 heterocycles. The van der Waals surface area contributed by atoms with Crippen LogP contribution < -0.4 is 20.5 Å². The van der Waals surface area contributed by atoms with Crippen LogP contribution >= 0.6 is 0 Å². The SMILES string of the molecule is O=C(Nc1cccn([C@H]2CCC(F)(F)C2)c1=O)c1ccc(NS(=O)(=O)CCO)cc1N1CC[C@@]2(C(F)F)C[C@H]2C1. The molecule has 1 amide bonds. The van der Waals surface area contributed by atoms with Crippen LogP contribution in [0.2, 0.25) is 0 Å². The Morgan fingerprint density at radius 3 is 2.60 bits per heavy atom. The molecular formula is C26H30F4N4O5S. The second kappa shape index (κ2) is 10.4. The van der Waals surface area contributed by atoms with Crippen LogP contribution in [-0.2, 0) is 10.0 Å². The molecule has 5 rings (SSSR count). The molecule has 0 bridgehead atoms. The van der Waals surface area contributed by atoms with Crippen molar-refractivity contribution >= 4 is 33.0 Å². The molecular weight excluding hydrogens is 556 g/mol. The molecule has 40 heavy (non-hydrogen) atoms. The van der Waals surface area contributed by atoms with E-state index in [0.29, 0.717) is 12.1 Å². The van der Waals surface area contributed by atoms with Crippen LogP contribution in [-0.4, -0.2) is 61.8 Å². The number of halogens is 4. The number of amides is 1. The van der Waals surface area contributed by atoms with Crippen molar-refractivity contribution < 1.29 is 35.9 Å². The van der Waals surface area contributed by atoms with Gasteiger partial charge in [0.25, 0.3) is 11.5 Å². The Hall–Kier alpha value is -3.13. The maximum Gasteiger partial charge on any atom is 0.274 e. The van der Waals surface area contributed by atoms with Gasteiger partial charge < -0.3 is 19.9 Å². The summed E-state index contributed by atoms with van der Waals surface area (Å²) >= 11 is 0. The van der Waals surface area contributed by atoms with Crippen molar-refractivity contribution in [1.82, 2.24) is 4.57 Å². The van der Waals surface area contributed by atoms with Crippen LogP contribution in [0.1, 0.15) is 48.5 Å². The van der Waals surface area contributed by atoms with Crippen LogP contribution in [0, 0.1) is 11.3 Å². The number of aromatic nitrogens is 1. The fraction of sp³-hybridized carbons (Fsp3) is 0.538. The van der Waals surface area contributed by atoms with Gasteiger partial charge in [0.1, 0.15) is 5.69 Å². The minimum absolute atomic E-state index is 0.0810. The Balaban J connectivity index is 1.43. The highest BCUT2D eigenvalue weighted by Crippen LogP contribution is 2.61. The summed E-state index contributed by atoms with van der Waals surface area (Å²) in [6.45, 7) is -0.146. The molecule has 1 aliphatic heterocycles. The molecule has 1 aromatic heterocycles. The third kappa shape index (κ3) is 5.55. The molecule has 1 saturated heterocycles. The van der Waals surface area contributed by atoms with E-state index in [1.165, 1.54) is 41.1 Å². The van der Waals surface area contributed by atoms with Gasteiger partial charge in [0, 0.05) is 43.6 Å². The molecule has 3 atom stereocenters. The number of alkyl halides is 4. The van der Waals surface area contributed by atoms with E-state index in [2.05, 4.69) is 10.0 Å². The first kappa shape index (κ1) is 28.4. The number of rotatable bonds is 9. The molecule has 0 spiro atoms. The van der Waals surface area contributed by atoms with Gasteiger partial charge in [-0.05, 0) is 55.5 Å². The molecule has 0 radical (unpaired) electrons. The summed E-state index contributed by atoms with van der Waals surface area (Å²) in [5, 5.41) is 11.6. The van der Waals surface area contributed by atoms with Crippen molar-refractivity contribution in [1.29, 1.82) is 0 Å². The maximum absolute atomic E-state index is 13.8. The summed E-state index contributed by atoms with van der Waals surface area (Å²) in [7, 11) is -3.88. The minimum atomic E-state index is -3.88. The van der Waals surface area contributed by atoms with E-state index < -0.39 is 64.1 Å². The number of pyridine rings is 1. The number of fused-ring (bicyclic) bond motifs is 1. The Kier molecular flexibility index (Phi) is 7.36. The van der Waals surface area contributed by atoms with E-state index in [1.807, 2.05) is 0 Å². The molecule has 1 aromatic carbocycles. The second-order valence-corrected chi connectivity index (χ2v) is 12.7. The number of carbonyl (C=O) groups excluding carboxylic acids is 1. The van der Waals surface area contributed by atoms with Crippen LogP contribution in [0.15, 0.2) is 41.3 Å². The van der Waals surface area contributed by atoms with Gasteiger partial charge >= 0.3 is 0 Å². The summed E-state index contributed by atoms with van der Waals surface area (Å²) in [6.07, 6.45) is -1.18. The average Bonchev–Trinajstić information content (AvgIpc) is 3.53. The van der Waals surface area contributed by atoms with Crippen molar-refractivity contribution in [3.8, 4) is 0 Å². The molecule has 2 saturated carbocycles. The quantitative estimate of drug-likeness (QED) is 0.386. The van der Waals surface area contributed by atoms with Crippen LogP contribution in [0.3, 0.4) is 0 Å². The molecule has 2 aliphatic carbocycles. The molecule has 14 heteroatoms. The van der Waals surface area contributed by atoms with Gasteiger partial charge in [-0.25, -0.2) is 26.0 Å². The highest BCUT2D eigenvalue weighted by atomic mass is 32.2. The van der Waals surface area contributed by atoms with Crippen molar-refractivity contribution in [2.75, 3.05) is 40.4 Å². The summed E-state index contributed by atoms with van der Waals surface area (Å²) in [6, 6.07) is 6.27. The predicted octanol–water partition coefficient (Wildman–Crippen LogP) is 3.68. The number of sulfonamides is 1. The number of aliphatic hydroxyl groups is 1. The third-order valence-corrected chi connectivity index (χ3v) is 9.48. The summed E-state index contributed by atoms with van der Waals surface area (Å²) in [5.41, 5.74) is -1.29. The topological polar surface area (TPSA) is 121 Å². The van der Waals surface area contributed by atoms with E-state index in [0.717, 1.165) is 0 Å². The highest BCUT2D eigenvalue weighted by molar-refractivity contribution is 7.92. The standard InChI is InChI=1S/C26H30F4N4O5S/c27-24(28)25-7-9-33(15-16(25)13-25)21-12-17(32-40(38,39)11-10-35)3-4-19(21)22(36)31-20-2-1-8-34(23(20)37)18-5-6-26(29,30)14-18/h1-4,8,12,16,18,24,32,35H,5-7,9-11,13-15H2,(H,31,36)/t16-,18-,25+/m0/s1. The Morgan fingerprint density at radius 2 is 1.95 bits per heavy atom. The summed E-state index contributed by atoms with van der Waals surface area (Å²) in [4.78, 5) is 28.2. The summed E-state index contributed by atoms with van der Waals surface area (Å²) < 4.78 is 82.7. The van der Waals surface area contributed by atoms with Gasteiger partial charge in [0.05, 0.1) is 29.3 Å². The maximum atomic E-state index is 13.8. The number of nitrogens with zero attached hydrogens (tertiary/aromatic N) is 2. The first-order valence-corrected chi connectivity index (χ1v) is 14.7. The summed E-state index contributed by atoms with van der Waals surface area (Å²) in [5.74, 6) is -4.39. The second-order valence-electron chi connectivity index (χ2n) is 10.8. The van der Waals surface area contributed by atoms with Crippen molar-refractivity contribution in [2.24, 2.45) is 11.3 Å². The fourth-order valence-electron chi connectivity index (χ4n) is 5.89. The Labute approximate surface area is 228 Å². The lowest BCUT2D eigenvalue weighted by Gasteiger charge is -2.34. The number of benzene rings is 1. The monoisotopic (exact) mass is 586 g/mol. The zero-order valence-electron chi connectivity index (χ0n) is 21.5. The third-order valence-electron chi connectivity index (χ3n) is 8.21. The molecule has 218 valence electrons. The number of anilines is 3. The number of nitrogens with one attached hydrogen (secondary N) is 2. The van der Waals surface area contributed by atoms with E-state index >= 15 is 0 Å². The first-order chi connectivity index (χ1) is 18.8. The molecule has 0 unspecified atom stereocenters. The zero-order valence-corrected chi connectivity index (χ0v) is 22.3. The molecule has 3 N–H and O–H groups in total. The van der Waals surface area contributed by atoms with Crippen LogP contribution in [0.5, 0.6) is 0 Å². The zero-order chi connectivity index (χ0) is 28.9. The van der Waals surface area contributed by atoms with Crippen LogP contribution in [0.25, 0.3) is 0 Å². The van der Waals surface area contributed by atoms with Gasteiger partial charge in [0.2, 0.25) is 22.4 Å². The van der Waals surface area contributed by atoms with Crippen molar-refractivity contribution in [3.63, 3.8) is 0 Å². The highest BCUT2D eigenvalue weighted by Gasteiger charge is 2.62. The van der Waals surface area contributed by atoms with E-state index in [4.69, 9.17) is 5.11 Å². The smallest absolute Gasteiger partial charge is 0.274 e. The molecule has 3 fully saturated rings. The van der Waals surface area contributed by atoms with Gasteiger partial charge in [-0.2, -0.15) is 0 Å². The van der Waals surface area contributed by atoms with Gasteiger partial charge in [0.15, 0.2) is 0 Å². The van der Waals surface area contributed by atoms with Crippen molar-refractivity contribution in [2.45, 2.75) is 50.5 Å². The number of carbonyl (C=O) groups is 1. The van der Waals surface area contributed by atoms with Gasteiger partial charge in [-0.3, -0.25) is 14.3 Å². The number of aliphatic hydroxyl groups excluding tert-OH is 1. The van der Waals surface area contributed by atoms with Crippen molar-refractivity contribution in [3.05, 3.63) is 52.4 Å². The first-order valence-electron chi connectivity index (χ1n) is 13.0. The lowest BCUT2D eigenvalue weighted by molar-refractivity contribution is 0.00550. The Bertz CT molecular complexity index is 1470. The normalized spacial score (nSPS) is 25.5. The average molecular weight is 587 g/mol. The molecule has 2 aromatic rings. The van der Waals surface area contributed by atoms with Gasteiger partial charge in [-0.15, -0.1) is 0 Å². The van der Waals surface area contributed by atoms with E-state index in [-0.39, 0.29) is 55.2 Å². The minimum Gasteiger partial charge on any atom is -0.395 e. The number of hydrogen-bond donors (Lipinski definition) is 3.